The highest BCUT2D eigenvalue weighted by Crippen LogP contribution is 2.19. The highest BCUT2D eigenvalue weighted by molar-refractivity contribution is 6.06. The molecular formula is C16H14F2N2O3. The molecule has 0 saturated carbocycles. The van der Waals surface area contributed by atoms with Gasteiger partial charge in [0.25, 0.3) is 6.43 Å². The van der Waals surface area contributed by atoms with E-state index in [9.17, 15) is 18.4 Å². The molecule has 2 aromatic rings. The highest BCUT2D eigenvalue weighted by atomic mass is 19.3. The molecule has 5 nitrogen and oxygen atoms in total. The van der Waals surface area contributed by atoms with E-state index in [4.69, 9.17) is 5.11 Å². The number of hydrogen-bond donors (Lipinski definition) is 1. The largest absolute Gasteiger partial charge is 0.481 e. The SMILES string of the molecule is Cn1nc(/C=C/C(=O)c2ccc(CC(=O)O)cc2)cc1C(F)F. The maximum atomic E-state index is 12.6. The number of halogens is 2. The summed E-state index contributed by atoms with van der Waals surface area (Å²) < 4.78 is 26.3. The summed E-state index contributed by atoms with van der Waals surface area (Å²) in [5, 5.41) is 12.6. The molecule has 7 heteroatoms. The third kappa shape index (κ3) is 4.32. The molecule has 0 aliphatic rings. The first-order valence-corrected chi connectivity index (χ1v) is 6.72. The Morgan fingerprint density at radius 2 is 1.96 bits per heavy atom. The van der Waals surface area contributed by atoms with Crippen LogP contribution >= 0.6 is 0 Å². The van der Waals surface area contributed by atoms with E-state index in [0.717, 1.165) is 4.68 Å². The lowest BCUT2D eigenvalue weighted by molar-refractivity contribution is -0.136. The van der Waals surface area contributed by atoms with Crippen molar-refractivity contribution >= 4 is 17.8 Å². The van der Waals surface area contributed by atoms with Gasteiger partial charge in [0.05, 0.1) is 12.1 Å². The summed E-state index contributed by atoms with van der Waals surface area (Å²) in [6, 6.07) is 7.38. The van der Waals surface area contributed by atoms with E-state index < -0.39 is 12.4 Å². The minimum absolute atomic E-state index is 0.116. The molecule has 0 radical (unpaired) electrons. The van der Waals surface area contributed by atoms with Crippen molar-refractivity contribution in [2.24, 2.45) is 7.05 Å². The fourth-order valence-electron chi connectivity index (χ4n) is 2.01. The van der Waals surface area contributed by atoms with Crippen LogP contribution in [-0.4, -0.2) is 26.6 Å². The van der Waals surface area contributed by atoms with Crippen LogP contribution in [0.4, 0.5) is 8.78 Å². The highest BCUT2D eigenvalue weighted by Gasteiger charge is 2.13. The van der Waals surface area contributed by atoms with Gasteiger partial charge in [0.2, 0.25) is 0 Å². The number of carboxylic acids is 1. The summed E-state index contributed by atoms with van der Waals surface area (Å²) in [6.07, 6.45) is -0.148. The fourth-order valence-corrected chi connectivity index (χ4v) is 2.01. The Morgan fingerprint density at radius 1 is 1.30 bits per heavy atom. The molecule has 0 aliphatic carbocycles. The number of rotatable bonds is 6. The molecule has 0 fully saturated rings. The number of hydrogen-bond acceptors (Lipinski definition) is 3. The monoisotopic (exact) mass is 320 g/mol. The average Bonchev–Trinajstić information content (AvgIpc) is 2.86. The first kappa shape index (κ1) is 16.5. The van der Waals surface area contributed by atoms with Crippen LogP contribution in [-0.2, 0) is 18.3 Å². The van der Waals surface area contributed by atoms with E-state index in [2.05, 4.69) is 5.10 Å². The Bertz CT molecular complexity index is 749. The summed E-state index contributed by atoms with van der Waals surface area (Å²) in [7, 11) is 1.40. The molecule has 1 heterocycles. The zero-order valence-corrected chi connectivity index (χ0v) is 12.2. The molecule has 23 heavy (non-hydrogen) atoms. The number of allylic oxidation sites excluding steroid dienone is 1. The second kappa shape index (κ2) is 6.95. The number of carbonyl (C=O) groups is 2. The van der Waals surface area contributed by atoms with E-state index >= 15 is 0 Å². The molecular weight excluding hydrogens is 306 g/mol. The predicted octanol–water partition coefficient (Wildman–Crippen LogP) is 2.88. The van der Waals surface area contributed by atoms with Crippen LogP contribution in [0.5, 0.6) is 0 Å². The van der Waals surface area contributed by atoms with Gasteiger partial charge in [-0.05, 0) is 23.8 Å². The van der Waals surface area contributed by atoms with Crippen molar-refractivity contribution in [1.29, 1.82) is 0 Å². The van der Waals surface area contributed by atoms with Gasteiger partial charge in [-0.15, -0.1) is 0 Å². The maximum Gasteiger partial charge on any atom is 0.307 e. The van der Waals surface area contributed by atoms with E-state index in [-0.39, 0.29) is 23.6 Å². The van der Waals surface area contributed by atoms with Gasteiger partial charge in [-0.1, -0.05) is 24.3 Å². The molecule has 2 rings (SSSR count). The van der Waals surface area contributed by atoms with Gasteiger partial charge in [-0.3, -0.25) is 14.3 Å². The average molecular weight is 320 g/mol. The Balaban J connectivity index is 2.09. The second-order valence-electron chi connectivity index (χ2n) is 4.88. The maximum absolute atomic E-state index is 12.6. The molecule has 1 N–H and O–H groups in total. The van der Waals surface area contributed by atoms with Gasteiger partial charge in [0, 0.05) is 12.6 Å². The van der Waals surface area contributed by atoms with Crippen molar-refractivity contribution in [3.8, 4) is 0 Å². The third-order valence-corrected chi connectivity index (χ3v) is 3.16. The van der Waals surface area contributed by atoms with Crippen molar-refractivity contribution in [3.63, 3.8) is 0 Å². The number of aryl methyl sites for hydroxylation is 1. The van der Waals surface area contributed by atoms with E-state index in [1.54, 1.807) is 12.1 Å². The Hall–Kier alpha value is -2.83. The Morgan fingerprint density at radius 3 is 2.48 bits per heavy atom. The first-order chi connectivity index (χ1) is 10.9. The first-order valence-electron chi connectivity index (χ1n) is 6.72. The van der Waals surface area contributed by atoms with Gasteiger partial charge in [-0.2, -0.15) is 5.10 Å². The quantitative estimate of drug-likeness (QED) is 0.656. The smallest absolute Gasteiger partial charge is 0.307 e. The normalized spacial score (nSPS) is 11.3. The van der Waals surface area contributed by atoms with Crippen molar-refractivity contribution in [3.05, 3.63) is 58.9 Å². The number of alkyl halides is 2. The number of carboxylic acid groups (broad SMARTS) is 1. The molecule has 0 bridgehead atoms. The number of aromatic nitrogens is 2. The minimum Gasteiger partial charge on any atom is -0.481 e. The molecule has 1 aromatic carbocycles. The summed E-state index contributed by atoms with van der Waals surface area (Å²) in [4.78, 5) is 22.6. The zero-order chi connectivity index (χ0) is 17.0. The molecule has 0 aliphatic heterocycles. The van der Waals surface area contributed by atoms with Crippen LogP contribution in [0.1, 0.15) is 33.7 Å². The van der Waals surface area contributed by atoms with Gasteiger partial charge in [-0.25, -0.2) is 8.78 Å². The Labute approximate surface area is 130 Å². The molecule has 0 unspecified atom stereocenters. The lowest BCUT2D eigenvalue weighted by Crippen LogP contribution is -2.01. The molecule has 0 atom stereocenters. The minimum atomic E-state index is -2.63. The summed E-state index contributed by atoms with van der Waals surface area (Å²) in [5.41, 5.74) is 0.999. The summed E-state index contributed by atoms with van der Waals surface area (Å²) in [5.74, 6) is -1.27. The van der Waals surface area contributed by atoms with E-state index in [0.29, 0.717) is 11.1 Å². The second-order valence-corrected chi connectivity index (χ2v) is 4.88. The molecule has 120 valence electrons. The molecule has 1 aromatic heterocycles. The van der Waals surface area contributed by atoms with Gasteiger partial charge in [0.15, 0.2) is 5.78 Å². The van der Waals surface area contributed by atoms with Crippen LogP contribution in [0.3, 0.4) is 0 Å². The van der Waals surface area contributed by atoms with Crippen LogP contribution in [0.25, 0.3) is 6.08 Å². The van der Waals surface area contributed by atoms with E-state index in [1.807, 2.05) is 0 Å². The predicted molar refractivity (Wildman–Crippen MR) is 79.3 cm³/mol. The lowest BCUT2D eigenvalue weighted by atomic mass is 10.1. The van der Waals surface area contributed by atoms with Crippen LogP contribution < -0.4 is 0 Å². The van der Waals surface area contributed by atoms with Crippen LogP contribution in [0.2, 0.25) is 0 Å². The van der Waals surface area contributed by atoms with Crippen LogP contribution in [0, 0.1) is 0 Å². The number of ketones is 1. The van der Waals surface area contributed by atoms with Gasteiger partial charge < -0.3 is 5.11 Å². The fraction of sp³-hybridized carbons (Fsp3) is 0.188. The van der Waals surface area contributed by atoms with Crippen molar-refractivity contribution < 1.29 is 23.5 Å². The van der Waals surface area contributed by atoms with Gasteiger partial charge in [0.1, 0.15) is 5.69 Å². The molecule has 0 spiro atoms. The topological polar surface area (TPSA) is 72.2 Å². The van der Waals surface area contributed by atoms with Gasteiger partial charge >= 0.3 is 5.97 Å². The number of aliphatic carboxylic acids is 1. The summed E-state index contributed by atoms with van der Waals surface area (Å²) >= 11 is 0. The summed E-state index contributed by atoms with van der Waals surface area (Å²) in [6.45, 7) is 0. The standard InChI is InChI=1S/C16H14F2N2O3/c1-20-13(16(17)18)9-12(19-20)6-7-14(21)11-4-2-10(3-5-11)8-15(22)23/h2-7,9,16H,8H2,1H3,(H,22,23)/b7-6+. The number of carbonyl (C=O) groups excluding carboxylic acids is 1. The number of benzene rings is 1. The van der Waals surface area contributed by atoms with E-state index in [1.165, 1.54) is 37.4 Å². The molecule has 0 amide bonds. The zero-order valence-electron chi connectivity index (χ0n) is 12.2. The number of nitrogens with zero attached hydrogens (tertiary/aromatic N) is 2. The van der Waals surface area contributed by atoms with Crippen molar-refractivity contribution in [2.75, 3.05) is 0 Å². The van der Waals surface area contributed by atoms with Crippen molar-refractivity contribution in [2.45, 2.75) is 12.8 Å². The lowest BCUT2D eigenvalue weighted by Gasteiger charge is -1.99. The third-order valence-electron chi connectivity index (χ3n) is 3.16. The van der Waals surface area contributed by atoms with Crippen molar-refractivity contribution in [1.82, 2.24) is 9.78 Å². The Kier molecular flexibility index (Phi) is 5.00. The molecule has 0 saturated heterocycles. The van der Waals surface area contributed by atoms with Crippen LogP contribution in [0.15, 0.2) is 36.4 Å².